The molecule has 1 aromatic heterocycles. The fourth-order valence-electron chi connectivity index (χ4n) is 4.16. The van der Waals surface area contributed by atoms with Gasteiger partial charge >= 0.3 is 6.03 Å². The molecule has 1 aromatic carbocycles. The SMILES string of the molecule is CC1CCC2(CC1)NC(=O)N(NC(=O)CNC(c1ccccc1)c1cccs1)C2=O. The average molecular weight is 427 g/mol. The summed E-state index contributed by atoms with van der Waals surface area (Å²) in [6.45, 7) is 2.12. The van der Waals surface area contributed by atoms with Gasteiger partial charge in [-0.05, 0) is 48.6 Å². The number of carbonyl (C=O) groups is 3. The molecule has 2 heterocycles. The molecule has 2 aromatic rings. The summed E-state index contributed by atoms with van der Waals surface area (Å²) in [5, 5.41) is 8.90. The lowest BCUT2D eigenvalue weighted by Crippen LogP contribution is -2.52. The molecule has 1 aliphatic carbocycles. The predicted molar refractivity (Wildman–Crippen MR) is 114 cm³/mol. The van der Waals surface area contributed by atoms with Crippen LogP contribution in [-0.2, 0) is 9.59 Å². The molecule has 2 fully saturated rings. The number of thiophene rings is 1. The Hall–Kier alpha value is -2.71. The van der Waals surface area contributed by atoms with E-state index < -0.39 is 17.5 Å². The number of hydrogen-bond donors (Lipinski definition) is 3. The summed E-state index contributed by atoms with van der Waals surface area (Å²) in [7, 11) is 0. The number of imide groups is 1. The molecule has 158 valence electrons. The normalized spacial score (nSPS) is 24.7. The molecule has 1 saturated carbocycles. The molecule has 30 heavy (non-hydrogen) atoms. The number of hydrazine groups is 1. The minimum atomic E-state index is -0.867. The Balaban J connectivity index is 1.39. The van der Waals surface area contributed by atoms with E-state index in [-0.39, 0.29) is 18.5 Å². The molecule has 0 bridgehead atoms. The van der Waals surface area contributed by atoms with Crippen molar-refractivity contribution in [1.29, 1.82) is 0 Å². The van der Waals surface area contributed by atoms with Gasteiger partial charge in [0.15, 0.2) is 0 Å². The van der Waals surface area contributed by atoms with Crippen LogP contribution in [0.2, 0.25) is 0 Å². The Labute approximate surface area is 179 Å². The van der Waals surface area contributed by atoms with E-state index >= 15 is 0 Å². The van der Waals surface area contributed by atoms with Crippen LogP contribution in [0.1, 0.15) is 49.1 Å². The fraction of sp³-hybridized carbons (Fsp3) is 0.409. The highest BCUT2D eigenvalue weighted by atomic mass is 32.1. The summed E-state index contributed by atoms with van der Waals surface area (Å²) >= 11 is 1.60. The molecule has 3 N–H and O–H groups in total. The average Bonchev–Trinajstić information content (AvgIpc) is 3.35. The summed E-state index contributed by atoms with van der Waals surface area (Å²) in [4.78, 5) is 38.9. The van der Waals surface area contributed by atoms with Crippen LogP contribution < -0.4 is 16.1 Å². The first kappa shape index (κ1) is 20.6. The summed E-state index contributed by atoms with van der Waals surface area (Å²) in [5.74, 6) is -0.247. The van der Waals surface area contributed by atoms with Gasteiger partial charge in [-0.15, -0.1) is 11.3 Å². The number of rotatable bonds is 6. The van der Waals surface area contributed by atoms with Gasteiger partial charge in [-0.2, -0.15) is 5.01 Å². The van der Waals surface area contributed by atoms with E-state index in [1.807, 2.05) is 47.8 Å². The summed E-state index contributed by atoms with van der Waals surface area (Å²) < 4.78 is 0. The molecule has 1 unspecified atom stereocenters. The molecule has 1 aliphatic heterocycles. The van der Waals surface area contributed by atoms with Crippen LogP contribution in [0.15, 0.2) is 47.8 Å². The highest BCUT2D eigenvalue weighted by Crippen LogP contribution is 2.35. The topological polar surface area (TPSA) is 90.5 Å². The van der Waals surface area contributed by atoms with Crippen molar-refractivity contribution in [1.82, 2.24) is 21.1 Å². The molecular formula is C22H26N4O3S. The second kappa shape index (κ2) is 8.57. The van der Waals surface area contributed by atoms with Crippen LogP contribution in [0.3, 0.4) is 0 Å². The maximum Gasteiger partial charge on any atom is 0.344 e. The number of hydrogen-bond acceptors (Lipinski definition) is 5. The Morgan fingerprint density at radius 2 is 1.93 bits per heavy atom. The highest BCUT2D eigenvalue weighted by Gasteiger charge is 2.52. The third-order valence-corrected chi connectivity index (χ3v) is 6.89. The van der Waals surface area contributed by atoms with Crippen LogP contribution >= 0.6 is 11.3 Å². The lowest BCUT2D eigenvalue weighted by atomic mass is 9.77. The van der Waals surface area contributed by atoms with Gasteiger partial charge < -0.3 is 5.32 Å². The van der Waals surface area contributed by atoms with Crippen LogP contribution in [0.25, 0.3) is 0 Å². The van der Waals surface area contributed by atoms with Crippen molar-refractivity contribution in [3.8, 4) is 0 Å². The molecular weight excluding hydrogens is 400 g/mol. The van der Waals surface area contributed by atoms with Gasteiger partial charge in [0.1, 0.15) is 5.54 Å². The van der Waals surface area contributed by atoms with Gasteiger partial charge in [0, 0.05) is 4.88 Å². The molecule has 1 spiro atoms. The van der Waals surface area contributed by atoms with Crippen molar-refractivity contribution in [2.75, 3.05) is 6.54 Å². The Morgan fingerprint density at radius 1 is 1.20 bits per heavy atom. The van der Waals surface area contributed by atoms with Gasteiger partial charge in [-0.1, -0.05) is 43.3 Å². The van der Waals surface area contributed by atoms with E-state index in [0.717, 1.165) is 28.3 Å². The Kier molecular flexibility index (Phi) is 5.87. The van der Waals surface area contributed by atoms with Crippen LogP contribution in [0.5, 0.6) is 0 Å². The van der Waals surface area contributed by atoms with Crippen molar-refractivity contribution in [2.45, 2.75) is 44.2 Å². The monoisotopic (exact) mass is 426 g/mol. The number of amides is 4. The van der Waals surface area contributed by atoms with Crippen molar-refractivity contribution in [2.24, 2.45) is 5.92 Å². The summed E-state index contributed by atoms with van der Waals surface area (Å²) in [5.41, 5.74) is 2.66. The highest BCUT2D eigenvalue weighted by molar-refractivity contribution is 7.10. The zero-order valence-corrected chi connectivity index (χ0v) is 17.7. The van der Waals surface area contributed by atoms with Crippen molar-refractivity contribution in [3.05, 3.63) is 58.3 Å². The first-order chi connectivity index (χ1) is 14.5. The third-order valence-electron chi connectivity index (χ3n) is 5.95. The number of carbonyl (C=O) groups excluding carboxylic acids is 3. The smallest absolute Gasteiger partial charge is 0.322 e. The Morgan fingerprint density at radius 3 is 2.60 bits per heavy atom. The fourth-order valence-corrected chi connectivity index (χ4v) is 4.99. The first-order valence-corrected chi connectivity index (χ1v) is 11.1. The van der Waals surface area contributed by atoms with Gasteiger partial charge in [0.2, 0.25) is 0 Å². The maximum atomic E-state index is 12.9. The number of nitrogens with one attached hydrogen (secondary N) is 3. The predicted octanol–water partition coefficient (Wildman–Crippen LogP) is 2.96. The molecule has 4 amide bonds. The van der Waals surface area contributed by atoms with Gasteiger partial charge in [-0.25, -0.2) is 4.79 Å². The second-order valence-corrected chi connectivity index (χ2v) is 9.09. The number of urea groups is 1. The van der Waals surface area contributed by atoms with E-state index in [4.69, 9.17) is 0 Å². The molecule has 7 nitrogen and oxygen atoms in total. The quantitative estimate of drug-likeness (QED) is 0.620. The van der Waals surface area contributed by atoms with E-state index in [1.54, 1.807) is 11.3 Å². The first-order valence-electron chi connectivity index (χ1n) is 10.3. The van der Waals surface area contributed by atoms with Crippen molar-refractivity contribution >= 4 is 29.2 Å². The number of benzene rings is 1. The van der Waals surface area contributed by atoms with E-state index in [1.165, 1.54) is 0 Å². The lowest BCUT2D eigenvalue weighted by Gasteiger charge is -2.33. The molecule has 2 aliphatic rings. The van der Waals surface area contributed by atoms with E-state index in [2.05, 4.69) is 23.0 Å². The van der Waals surface area contributed by atoms with Gasteiger partial charge in [0.25, 0.3) is 11.8 Å². The van der Waals surface area contributed by atoms with Crippen molar-refractivity contribution in [3.63, 3.8) is 0 Å². The largest absolute Gasteiger partial charge is 0.344 e. The minimum Gasteiger partial charge on any atom is -0.322 e. The van der Waals surface area contributed by atoms with E-state index in [9.17, 15) is 14.4 Å². The molecule has 8 heteroatoms. The van der Waals surface area contributed by atoms with Crippen LogP contribution in [-0.4, -0.2) is 34.9 Å². The van der Waals surface area contributed by atoms with Gasteiger partial charge in [-0.3, -0.25) is 20.3 Å². The lowest BCUT2D eigenvalue weighted by molar-refractivity contribution is -0.139. The van der Waals surface area contributed by atoms with E-state index in [0.29, 0.717) is 18.8 Å². The molecule has 4 rings (SSSR count). The zero-order chi connectivity index (χ0) is 21.1. The zero-order valence-electron chi connectivity index (χ0n) is 16.9. The molecule has 1 atom stereocenters. The van der Waals surface area contributed by atoms with Crippen LogP contribution in [0.4, 0.5) is 4.79 Å². The summed E-state index contributed by atoms with van der Waals surface area (Å²) in [6.07, 6.45) is 2.99. The minimum absolute atomic E-state index is 0.0292. The van der Waals surface area contributed by atoms with Gasteiger partial charge in [0.05, 0.1) is 12.6 Å². The third kappa shape index (κ3) is 4.11. The standard InChI is InChI=1S/C22H26N4O3S/c1-15-9-11-22(12-10-15)20(28)26(21(29)24-22)25-18(27)14-23-19(17-8-5-13-30-17)16-6-3-2-4-7-16/h2-8,13,15,19,23H,9-12,14H2,1H3,(H,24,29)(H,25,27). The second-order valence-electron chi connectivity index (χ2n) is 8.11. The number of nitrogens with zero attached hydrogens (tertiary/aromatic N) is 1. The van der Waals surface area contributed by atoms with Crippen molar-refractivity contribution < 1.29 is 14.4 Å². The molecule has 1 saturated heterocycles. The summed E-state index contributed by atoms with van der Waals surface area (Å²) in [6, 6.07) is 13.1. The van der Waals surface area contributed by atoms with Crippen LogP contribution in [0, 0.1) is 5.92 Å². The maximum absolute atomic E-state index is 12.9. The Bertz CT molecular complexity index is 908. The molecule has 0 radical (unpaired) electrons.